The van der Waals surface area contributed by atoms with Crippen LogP contribution in [0.5, 0.6) is 5.75 Å². The van der Waals surface area contributed by atoms with E-state index in [9.17, 15) is 4.79 Å². The molecule has 17 heavy (non-hydrogen) atoms. The first-order chi connectivity index (χ1) is 8.17. The molecular formula is C13H17NO3. The van der Waals surface area contributed by atoms with Gasteiger partial charge in [0.1, 0.15) is 5.75 Å². The molecule has 92 valence electrons. The number of anilines is 1. The first-order valence-electron chi connectivity index (χ1n) is 5.30. The Morgan fingerprint density at radius 3 is 2.47 bits per heavy atom. The summed E-state index contributed by atoms with van der Waals surface area (Å²) < 4.78 is 9.65. The summed E-state index contributed by atoms with van der Waals surface area (Å²) in [6.45, 7) is 2.30. The second kappa shape index (κ2) is 6.58. The van der Waals surface area contributed by atoms with Crippen LogP contribution >= 0.6 is 0 Å². The van der Waals surface area contributed by atoms with E-state index in [2.05, 4.69) is 10.1 Å². The van der Waals surface area contributed by atoms with Gasteiger partial charge in [0.2, 0.25) is 0 Å². The Morgan fingerprint density at radius 1 is 1.29 bits per heavy atom. The molecule has 4 nitrogen and oxygen atoms in total. The van der Waals surface area contributed by atoms with Crippen molar-refractivity contribution < 1.29 is 14.3 Å². The molecule has 0 unspecified atom stereocenters. The van der Waals surface area contributed by atoms with E-state index in [4.69, 9.17) is 4.74 Å². The van der Waals surface area contributed by atoms with Crippen molar-refractivity contribution >= 4 is 11.7 Å². The molecule has 1 aromatic rings. The van der Waals surface area contributed by atoms with Gasteiger partial charge in [0.05, 0.1) is 14.2 Å². The summed E-state index contributed by atoms with van der Waals surface area (Å²) in [5.41, 5.74) is 1.56. The van der Waals surface area contributed by atoms with Gasteiger partial charge in [-0.1, -0.05) is 6.08 Å². The molecule has 0 aromatic heterocycles. The van der Waals surface area contributed by atoms with Crippen molar-refractivity contribution in [3.05, 3.63) is 35.9 Å². The summed E-state index contributed by atoms with van der Waals surface area (Å²) >= 11 is 0. The molecule has 0 aliphatic heterocycles. The molecular weight excluding hydrogens is 218 g/mol. The third kappa shape index (κ3) is 4.18. The van der Waals surface area contributed by atoms with Crippen LogP contribution in [0.2, 0.25) is 0 Å². The zero-order chi connectivity index (χ0) is 12.7. The number of ether oxygens (including phenoxy) is 2. The van der Waals surface area contributed by atoms with Gasteiger partial charge in [-0.3, -0.25) is 0 Å². The van der Waals surface area contributed by atoms with Gasteiger partial charge in [-0.25, -0.2) is 4.79 Å². The number of rotatable bonds is 5. The molecule has 0 spiro atoms. The van der Waals surface area contributed by atoms with E-state index in [-0.39, 0.29) is 5.97 Å². The van der Waals surface area contributed by atoms with Gasteiger partial charge in [0, 0.05) is 17.8 Å². The maximum absolute atomic E-state index is 11.1. The molecule has 1 rings (SSSR count). The lowest BCUT2D eigenvalue weighted by Gasteiger charge is -2.05. The highest BCUT2D eigenvalue weighted by molar-refractivity contribution is 5.87. The molecule has 0 bridgehead atoms. The van der Waals surface area contributed by atoms with E-state index in [0.717, 1.165) is 11.4 Å². The van der Waals surface area contributed by atoms with Gasteiger partial charge in [0.25, 0.3) is 0 Å². The number of hydrogen-bond donors (Lipinski definition) is 1. The van der Waals surface area contributed by atoms with Crippen LogP contribution in [0.15, 0.2) is 35.9 Å². The number of carbonyl (C=O) groups excluding carboxylic acids is 1. The molecule has 0 saturated heterocycles. The molecule has 0 heterocycles. The van der Waals surface area contributed by atoms with Crippen LogP contribution in [-0.2, 0) is 9.53 Å². The number of nitrogens with one attached hydrogen (secondary N) is 1. The van der Waals surface area contributed by atoms with Gasteiger partial charge >= 0.3 is 5.97 Å². The average molecular weight is 235 g/mol. The van der Waals surface area contributed by atoms with E-state index < -0.39 is 0 Å². The van der Waals surface area contributed by atoms with Crippen molar-refractivity contribution in [2.45, 2.75) is 6.92 Å². The Hall–Kier alpha value is -1.97. The van der Waals surface area contributed by atoms with Crippen LogP contribution in [0, 0.1) is 0 Å². The summed E-state index contributed by atoms with van der Waals surface area (Å²) in [5, 5.41) is 3.17. The highest BCUT2D eigenvalue weighted by Crippen LogP contribution is 2.14. The number of methoxy groups -OCH3 is 2. The van der Waals surface area contributed by atoms with Crippen molar-refractivity contribution in [1.29, 1.82) is 0 Å². The molecule has 0 saturated carbocycles. The minimum Gasteiger partial charge on any atom is -0.497 e. The van der Waals surface area contributed by atoms with Crippen molar-refractivity contribution in [2.75, 3.05) is 26.1 Å². The molecule has 1 aromatic carbocycles. The zero-order valence-electron chi connectivity index (χ0n) is 10.3. The minimum atomic E-state index is -0.304. The van der Waals surface area contributed by atoms with Crippen LogP contribution in [0.4, 0.5) is 5.69 Å². The van der Waals surface area contributed by atoms with Gasteiger partial charge in [0.15, 0.2) is 0 Å². The van der Waals surface area contributed by atoms with E-state index in [0.29, 0.717) is 12.1 Å². The fraction of sp³-hybridized carbons (Fsp3) is 0.308. The lowest BCUT2D eigenvalue weighted by atomic mass is 10.2. The molecule has 1 N–H and O–H groups in total. The van der Waals surface area contributed by atoms with Crippen LogP contribution in [0.25, 0.3) is 0 Å². The number of benzene rings is 1. The SMILES string of the molecule is COC(=O)/C(C)=C/CNc1ccc(OC)cc1. The highest BCUT2D eigenvalue weighted by atomic mass is 16.5. The average Bonchev–Trinajstić information content (AvgIpc) is 2.38. The Kier molecular flexibility index (Phi) is 5.07. The summed E-state index contributed by atoms with van der Waals surface area (Å²) in [5.74, 6) is 0.512. The van der Waals surface area contributed by atoms with E-state index in [1.54, 1.807) is 20.1 Å². The Morgan fingerprint density at radius 2 is 1.94 bits per heavy atom. The van der Waals surface area contributed by atoms with Crippen molar-refractivity contribution in [3.8, 4) is 5.75 Å². The van der Waals surface area contributed by atoms with Crippen molar-refractivity contribution in [1.82, 2.24) is 0 Å². The number of esters is 1. The van der Waals surface area contributed by atoms with Gasteiger partial charge in [-0.15, -0.1) is 0 Å². The molecule has 0 fully saturated rings. The normalized spacial score (nSPS) is 10.9. The van der Waals surface area contributed by atoms with Crippen LogP contribution in [0.3, 0.4) is 0 Å². The lowest BCUT2D eigenvalue weighted by molar-refractivity contribution is -0.136. The third-order valence-corrected chi connectivity index (χ3v) is 2.31. The second-order valence-electron chi connectivity index (χ2n) is 3.49. The monoisotopic (exact) mass is 235 g/mol. The molecule has 0 aliphatic carbocycles. The zero-order valence-corrected chi connectivity index (χ0v) is 10.3. The predicted octanol–water partition coefficient (Wildman–Crippen LogP) is 2.23. The van der Waals surface area contributed by atoms with Gasteiger partial charge < -0.3 is 14.8 Å². The highest BCUT2D eigenvalue weighted by Gasteiger charge is 2.01. The predicted molar refractivity (Wildman–Crippen MR) is 67.3 cm³/mol. The molecule has 0 radical (unpaired) electrons. The summed E-state index contributed by atoms with van der Waals surface area (Å²) in [6.07, 6.45) is 1.79. The quantitative estimate of drug-likeness (QED) is 0.628. The van der Waals surface area contributed by atoms with E-state index in [1.807, 2.05) is 24.3 Å². The van der Waals surface area contributed by atoms with Gasteiger partial charge in [-0.2, -0.15) is 0 Å². The van der Waals surface area contributed by atoms with Gasteiger partial charge in [-0.05, 0) is 31.2 Å². The smallest absolute Gasteiger partial charge is 0.333 e. The second-order valence-corrected chi connectivity index (χ2v) is 3.49. The maximum Gasteiger partial charge on any atom is 0.333 e. The Bertz CT molecular complexity index is 396. The first kappa shape index (κ1) is 13.1. The Labute approximate surface area is 101 Å². The fourth-order valence-corrected chi connectivity index (χ4v) is 1.28. The lowest BCUT2D eigenvalue weighted by Crippen LogP contribution is -2.05. The number of hydrogen-bond acceptors (Lipinski definition) is 4. The third-order valence-electron chi connectivity index (χ3n) is 2.31. The molecule has 0 amide bonds. The summed E-state index contributed by atoms with van der Waals surface area (Å²) in [4.78, 5) is 11.1. The first-order valence-corrected chi connectivity index (χ1v) is 5.30. The number of carbonyl (C=O) groups is 1. The summed E-state index contributed by atoms with van der Waals surface area (Å²) in [6, 6.07) is 7.58. The summed E-state index contributed by atoms with van der Waals surface area (Å²) in [7, 11) is 3.00. The standard InChI is InChI=1S/C13H17NO3/c1-10(13(15)17-3)8-9-14-11-4-6-12(16-2)7-5-11/h4-8,14H,9H2,1-3H3/b10-8+. The molecule has 0 atom stereocenters. The van der Waals surface area contributed by atoms with Crippen LogP contribution in [0.1, 0.15) is 6.92 Å². The van der Waals surface area contributed by atoms with Crippen molar-refractivity contribution in [2.24, 2.45) is 0 Å². The van der Waals surface area contributed by atoms with Crippen LogP contribution in [-0.4, -0.2) is 26.7 Å². The van der Waals surface area contributed by atoms with Crippen molar-refractivity contribution in [3.63, 3.8) is 0 Å². The maximum atomic E-state index is 11.1. The molecule has 0 aliphatic rings. The van der Waals surface area contributed by atoms with Crippen LogP contribution < -0.4 is 10.1 Å². The van der Waals surface area contributed by atoms with E-state index >= 15 is 0 Å². The topological polar surface area (TPSA) is 47.6 Å². The fourth-order valence-electron chi connectivity index (χ4n) is 1.28. The minimum absolute atomic E-state index is 0.304. The van der Waals surface area contributed by atoms with E-state index in [1.165, 1.54) is 7.11 Å². The molecule has 4 heteroatoms. The largest absolute Gasteiger partial charge is 0.497 e. The Balaban J connectivity index is 2.47.